The molecular formula is C7H9N3O6S. The van der Waals surface area contributed by atoms with E-state index in [9.17, 15) is 22.8 Å². The van der Waals surface area contributed by atoms with E-state index in [0.29, 0.717) is 6.26 Å². The first kappa shape index (κ1) is 13.0. The second kappa shape index (κ2) is 4.41. The summed E-state index contributed by atoms with van der Waals surface area (Å²) in [5, 5.41) is 8.68. The summed E-state index contributed by atoms with van der Waals surface area (Å²) in [6, 6.07) is 0. The molecule has 0 spiro atoms. The molecule has 17 heavy (non-hydrogen) atoms. The van der Waals surface area contributed by atoms with Gasteiger partial charge in [-0.25, -0.2) is 18.0 Å². The van der Waals surface area contributed by atoms with Gasteiger partial charge < -0.3 is 10.1 Å². The zero-order valence-electron chi connectivity index (χ0n) is 8.63. The second-order valence-electron chi connectivity index (χ2n) is 3.15. The Labute approximate surface area is 94.8 Å². The zero-order chi connectivity index (χ0) is 13.2. The molecule has 0 saturated carbocycles. The van der Waals surface area contributed by atoms with E-state index < -0.39 is 33.9 Å². The van der Waals surface area contributed by atoms with Crippen LogP contribution in [0.25, 0.3) is 0 Å². The van der Waals surface area contributed by atoms with E-state index in [1.807, 2.05) is 4.98 Å². The minimum atomic E-state index is -4.00. The fourth-order valence-electron chi connectivity index (χ4n) is 1.04. The Morgan fingerprint density at radius 2 is 2.06 bits per heavy atom. The zero-order valence-corrected chi connectivity index (χ0v) is 9.44. The first-order valence-corrected chi connectivity index (χ1v) is 6.08. The number of aromatic amines is 2. The van der Waals surface area contributed by atoms with Gasteiger partial charge in [0.15, 0.2) is 0 Å². The fourth-order valence-corrected chi connectivity index (χ4v) is 1.69. The van der Waals surface area contributed by atoms with Crippen LogP contribution in [0.1, 0.15) is 5.56 Å². The van der Waals surface area contributed by atoms with Crippen molar-refractivity contribution >= 4 is 16.1 Å². The number of carbonyl (C=O) groups is 1. The minimum Gasteiger partial charge on any atom is -0.464 e. The molecule has 0 bridgehead atoms. The third kappa shape index (κ3) is 3.17. The Bertz CT molecular complexity index is 642. The highest BCUT2D eigenvalue weighted by atomic mass is 32.2. The Kier molecular flexibility index (Phi) is 3.36. The van der Waals surface area contributed by atoms with Gasteiger partial charge in [0.25, 0.3) is 5.56 Å². The van der Waals surface area contributed by atoms with Crippen LogP contribution in [-0.2, 0) is 16.6 Å². The minimum absolute atomic E-state index is 0.0931. The summed E-state index contributed by atoms with van der Waals surface area (Å²) >= 11 is 0. The summed E-state index contributed by atoms with van der Waals surface area (Å²) < 4.78 is 22.3. The van der Waals surface area contributed by atoms with E-state index in [0.717, 1.165) is 6.20 Å². The van der Waals surface area contributed by atoms with Crippen molar-refractivity contribution in [3.8, 4) is 0 Å². The van der Waals surface area contributed by atoms with Crippen molar-refractivity contribution in [2.24, 2.45) is 0 Å². The van der Waals surface area contributed by atoms with E-state index in [2.05, 4.69) is 4.98 Å². The van der Waals surface area contributed by atoms with Gasteiger partial charge in [0, 0.05) is 6.20 Å². The van der Waals surface area contributed by atoms with Crippen molar-refractivity contribution in [1.82, 2.24) is 14.3 Å². The number of amides is 1. The monoisotopic (exact) mass is 263 g/mol. The van der Waals surface area contributed by atoms with Crippen LogP contribution >= 0.6 is 0 Å². The lowest BCUT2D eigenvalue weighted by Gasteiger charge is -2.15. The molecule has 9 nitrogen and oxygen atoms in total. The van der Waals surface area contributed by atoms with Crippen LogP contribution in [0.3, 0.4) is 0 Å². The maximum Gasteiger partial charge on any atom is 0.421 e. The third-order valence-electron chi connectivity index (χ3n) is 1.82. The summed E-state index contributed by atoms with van der Waals surface area (Å²) in [4.78, 5) is 36.6. The number of aromatic nitrogens is 2. The molecule has 0 radical (unpaired) electrons. The summed E-state index contributed by atoms with van der Waals surface area (Å²) in [6.07, 6.45) is -0.0541. The molecule has 3 N–H and O–H groups in total. The van der Waals surface area contributed by atoms with Crippen LogP contribution in [0.4, 0.5) is 4.79 Å². The molecule has 0 aliphatic rings. The third-order valence-corrected chi connectivity index (χ3v) is 2.91. The molecule has 1 aromatic heterocycles. The lowest BCUT2D eigenvalue weighted by Crippen LogP contribution is -2.37. The molecule has 0 saturated heterocycles. The SMILES string of the molecule is CS(=O)(=O)N(Cc1c[nH]c(=O)[nH]c1=O)C(=O)O. The van der Waals surface area contributed by atoms with Crippen LogP contribution < -0.4 is 11.2 Å². The standard InChI is InChI=1S/C7H9N3O6S/c1-17(15,16)10(7(13)14)3-4-2-8-6(12)9-5(4)11/h2H,3H2,1H3,(H,13,14)(H2,8,9,11,12). The van der Waals surface area contributed by atoms with Gasteiger partial charge in [0.1, 0.15) is 0 Å². The van der Waals surface area contributed by atoms with Crippen LogP contribution in [0.15, 0.2) is 15.8 Å². The molecule has 1 heterocycles. The van der Waals surface area contributed by atoms with Crippen molar-refractivity contribution in [1.29, 1.82) is 0 Å². The van der Waals surface area contributed by atoms with Crippen molar-refractivity contribution in [2.45, 2.75) is 6.54 Å². The van der Waals surface area contributed by atoms with Crippen molar-refractivity contribution in [3.63, 3.8) is 0 Å². The quantitative estimate of drug-likeness (QED) is 0.606. The number of hydrogen-bond donors (Lipinski definition) is 3. The normalized spacial score (nSPS) is 11.1. The highest BCUT2D eigenvalue weighted by Crippen LogP contribution is 2.03. The Balaban J connectivity index is 3.16. The Morgan fingerprint density at radius 3 is 2.47 bits per heavy atom. The molecule has 0 aliphatic heterocycles. The Morgan fingerprint density at radius 1 is 1.47 bits per heavy atom. The van der Waals surface area contributed by atoms with Gasteiger partial charge in [-0.2, -0.15) is 4.31 Å². The van der Waals surface area contributed by atoms with Crippen molar-refractivity contribution in [2.75, 3.05) is 6.26 Å². The average molecular weight is 263 g/mol. The molecule has 0 aromatic carbocycles. The van der Waals surface area contributed by atoms with Crippen LogP contribution in [-0.4, -0.2) is 40.1 Å². The topological polar surface area (TPSA) is 140 Å². The lowest BCUT2D eigenvalue weighted by atomic mass is 10.3. The maximum absolute atomic E-state index is 11.2. The summed E-state index contributed by atoms with van der Waals surface area (Å²) in [5.41, 5.74) is -1.79. The summed E-state index contributed by atoms with van der Waals surface area (Å²) in [7, 11) is -4.00. The smallest absolute Gasteiger partial charge is 0.421 e. The summed E-state index contributed by atoms with van der Waals surface area (Å²) in [6.45, 7) is -0.666. The van der Waals surface area contributed by atoms with E-state index in [1.165, 1.54) is 0 Å². The number of H-pyrrole nitrogens is 2. The van der Waals surface area contributed by atoms with E-state index in [1.54, 1.807) is 0 Å². The molecule has 1 amide bonds. The van der Waals surface area contributed by atoms with E-state index in [-0.39, 0.29) is 9.87 Å². The molecule has 10 heteroatoms. The second-order valence-corrected chi connectivity index (χ2v) is 5.06. The number of nitrogens with one attached hydrogen (secondary N) is 2. The van der Waals surface area contributed by atoms with Crippen molar-refractivity contribution in [3.05, 3.63) is 32.6 Å². The number of rotatable bonds is 3. The van der Waals surface area contributed by atoms with E-state index in [4.69, 9.17) is 5.11 Å². The largest absolute Gasteiger partial charge is 0.464 e. The molecule has 0 fully saturated rings. The molecule has 1 aromatic rings. The van der Waals surface area contributed by atoms with Crippen molar-refractivity contribution < 1.29 is 18.3 Å². The predicted molar refractivity (Wildman–Crippen MR) is 56.1 cm³/mol. The van der Waals surface area contributed by atoms with Gasteiger partial charge in [-0.05, 0) is 0 Å². The average Bonchev–Trinajstić information content (AvgIpc) is 2.13. The molecule has 1 rings (SSSR count). The number of sulfonamides is 1. The van der Waals surface area contributed by atoms with Crippen LogP contribution in [0.5, 0.6) is 0 Å². The first-order chi connectivity index (χ1) is 7.71. The van der Waals surface area contributed by atoms with Gasteiger partial charge in [-0.15, -0.1) is 0 Å². The van der Waals surface area contributed by atoms with Crippen LogP contribution in [0.2, 0.25) is 0 Å². The fraction of sp³-hybridized carbons (Fsp3) is 0.286. The maximum atomic E-state index is 11.2. The predicted octanol–water partition coefficient (Wildman–Crippen LogP) is -1.50. The van der Waals surface area contributed by atoms with E-state index >= 15 is 0 Å². The number of nitrogens with zero attached hydrogens (tertiary/aromatic N) is 1. The van der Waals surface area contributed by atoms with Gasteiger partial charge >= 0.3 is 11.8 Å². The van der Waals surface area contributed by atoms with Gasteiger partial charge in [-0.1, -0.05) is 0 Å². The van der Waals surface area contributed by atoms with Crippen LogP contribution in [0, 0.1) is 0 Å². The lowest BCUT2D eigenvalue weighted by molar-refractivity contribution is 0.171. The van der Waals surface area contributed by atoms with Gasteiger partial charge in [-0.3, -0.25) is 9.78 Å². The molecule has 94 valence electrons. The molecule has 0 aliphatic carbocycles. The van der Waals surface area contributed by atoms with Gasteiger partial charge in [0.2, 0.25) is 10.0 Å². The molecular weight excluding hydrogens is 254 g/mol. The number of carboxylic acid groups (broad SMARTS) is 1. The summed E-state index contributed by atoms with van der Waals surface area (Å²) in [5.74, 6) is 0. The Hall–Kier alpha value is -2.10. The van der Waals surface area contributed by atoms with Gasteiger partial charge in [0.05, 0.1) is 18.4 Å². The number of hydrogen-bond acceptors (Lipinski definition) is 5. The highest BCUT2D eigenvalue weighted by Gasteiger charge is 2.23. The molecule has 0 unspecified atom stereocenters. The first-order valence-electron chi connectivity index (χ1n) is 4.23. The molecule has 0 atom stereocenters. The highest BCUT2D eigenvalue weighted by molar-refractivity contribution is 7.88.